The monoisotopic (exact) mass is 447 g/mol. The van der Waals surface area contributed by atoms with E-state index in [1.165, 1.54) is 0 Å². The molecule has 140 valence electrons. The number of nitrogens with zero attached hydrogens (tertiary/aromatic N) is 1. The Morgan fingerprint density at radius 1 is 1.33 bits per heavy atom. The van der Waals surface area contributed by atoms with E-state index in [2.05, 4.69) is 31.2 Å². The van der Waals surface area contributed by atoms with Crippen LogP contribution in [0.25, 0.3) is 11.0 Å². The van der Waals surface area contributed by atoms with Crippen LogP contribution in [0.15, 0.2) is 47.2 Å². The fraction of sp³-hybridized carbons (Fsp3) is 0.300. The van der Waals surface area contributed by atoms with Crippen LogP contribution in [0.5, 0.6) is 0 Å². The van der Waals surface area contributed by atoms with E-state index in [9.17, 15) is 4.79 Å². The Morgan fingerprint density at radius 3 is 2.89 bits per heavy atom. The molecule has 3 aromatic rings. The third kappa shape index (κ3) is 3.61. The molecule has 5 nitrogen and oxygen atoms in total. The van der Waals surface area contributed by atoms with Crippen LogP contribution in [0.3, 0.4) is 0 Å². The van der Waals surface area contributed by atoms with Crippen molar-refractivity contribution in [1.29, 1.82) is 0 Å². The van der Waals surface area contributed by atoms with Gasteiger partial charge in [0.1, 0.15) is 5.65 Å². The van der Waals surface area contributed by atoms with Crippen LogP contribution in [0.1, 0.15) is 28.8 Å². The number of hydrogen-bond acceptors (Lipinski definition) is 3. The van der Waals surface area contributed by atoms with Gasteiger partial charge in [-0.25, -0.2) is 4.98 Å². The van der Waals surface area contributed by atoms with Gasteiger partial charge < -0.3 is 15.0 Å². The molecule has 0 spiro atoms. The average molecular weight is 449 g/mol. The van der Waals surface area contributed by atoms with Crippen LogP contribution in [0.2, 0.25) is 5.02 Å². The molecule has 1 aromatic carbocycles. The van der Waals surface area contributed by atoms with Crippen molar-refractivity contribution >= 4 is 44.5 Å². The Morgan fingerprint density at radius 2 is 2.11 bits per heavy atom. The molecule has 1 aliphatic heterocycles. The summed E-state index contributed by atoms with van der Waals surface area (Å²) in [6, 6.07) is 9.76. The van der Waals surface area contributed by atoms with Gasteiger partial charge in [0.2, 0.25) is 0 Å². The summed E-state index contributed by atoms with van der Waals surface area (Å²) in [6.07, 6.45) is 5.04. The van der Waals surface area contributed by atoms with Gasteiger partial charge in [-0.1, -0.05) is 29.8 Å². The van der Waals surface area contributed by atoms with Gasteiger partial charge in [-0.15, -0.1) is 0 Å². The zero-order chi connectivity index (χ0) is 18.9. The lowest BCUT2D eigenvalue weighted by Gasteiger charge is -2.38. The molecule has 1 fully saturated rings. The number of H-pyrrole nitrogens is 1. The van der Waals surface area contributed by atoms with Gasteiger partial charge in [-0.3, -0.25) is 4.79 Å². The summed E-state index contributed by atoms with van der Waals surface area (Å²) in [7, 11) is 0. The molecule has 2 aromatic heterocycles. The van der Waals surface area contributed by atoms with E-state index in [4.69, 9.17) is 16.3 Å². The van der Waals surface area contributed by atoms with Crippen LogP contribution in [0.4, 0.5) is 0 Å². The van der Waals surface area contributed by atoms with Gasteiger partial charge in [-0.05, 0) is 46.5 Å². The van der Waals surface area contributed by atoms with E-state index in [1.807, 2.05) is 30.3 Å². The maximum atomic E-state index is 12.9. The maximum Gasteiger partial charge on any atom is 0.253 e. The summed E-state index contributed by atoms with van der Waals surface area (Å²) in [4.78, 5) is 20.2. The Kier molecular flexibility index (Phi) is 5.21. The summed E-state index contributed by atoms with van der Waals surface area (Å²) in [5, 5.41) is 4.64. The van der Waals surface area contributed by atoms with Gasteiger partial charge in [0.05, 0.1) is 5.56 Å². The highest BCUT2D eigenvalue weighted by atomic mass is 79.9. The van der Waals surface area contributed by atoms with Crippen LogP contribution in [0, 0.1) is 0 Å². The smallest absolute Gasteiger partial charge is 0.253 e. The van der Waals surface area contributed by atoms with Crippen molar-refractivity contribution in [2.24, 2.45) is 0 Å². The minimum atomic E-state index is -0.225. The zero-order valence-electron chi connectivity index (χ0n) is 14.6. The third-order valence-electron chi connectivity index (χ3n) is 5.22. The van der Waals surface area contributed by atoms with Gasteiger partial charge in [0.15, 0.2) is 0 Å². The summed E-state index contributed by atoms with van der Waals surface area (Å²) in [5.74, 6) is -0.126. The second-order valence-electron chi connectivity index (χ2n) is 6.81. The van der Waals surface area contributed by atoms with Crippen molar-refractivity contribution in [2.75, 3.05) is 19.8 Å². The molecule has 4 rings (SSSR count). The van der Waals surface area contributed by atoms with Crippen LogP contribution in [-0.4, -0.2) is 35.6 Å². The average Bonchev–Trinajstić information content (AvgIpc) is 3.10. The molecule has 1 aliphatic rings. The summed E-state index contributed by atoms with van der Waals surface area (Å²) >= 11 is 9.90. The highest BCUT2D eigenvalue weighted by molar-refractivity contribution is 9.10. The van der Waals surface area contributed by atoms with Gasteiger partial charge >= 0.3 is 0 Å². The zero-order valence-corrected chi connectivity index (χ0v) is 16.9. The van der Waals surface area contributed by atoms with E-state index < -0.39 is 0 Å². The number of nitrogens with one attached hydrogen (secondary N) is 2. The Bertz CT molecular complexity index is 982. The Hall–Kier alpha value is -1.89. The van der Waals surface area contributed by atoms with Crippen molar-refractivity contribution in [1.82, 2.24) is 15.3 Å². The first-order valence-electron chi connectivity index (χ1n) is 8.83. The second kappa shape index (κ2) is 7.62. The van der Waals surface area contributed by atoms with Crippen molar-refractivity contribution in [3.63, 3.8) is 0 Å². The number of benzene rings is 1. The number of aromatic nitrogens is 2. The van der Waals surface area contributed by atoms with Gasteiger partial charge in [-0.2, -0.15) is 0 Å². The molecule has 1 saturated heterocycles. The first-order valence-corrected chi connectivity index (χ1v) is 10.00. The van der Waals surface area contributed by atoms with Crippen LogP contribution < -0.4 is 5.32 Å². The minimum Gasteiger partial charge on any atom is -0.381 e. The number of hydrogen-bond donors (Lipinski definition) is 2. The number of ether oxygens (including phenoxy) is 1. The third-order valence-corrected chi connectivity index (χ3v) is 5.99. The summed E-state index contributed by atoms with van der Waals surface area (Å²) in [6.45, 7) is 1.82. The lowest BCUT2D eigenvalue weighted by Crippen LogP contribution is -2.44. The van der Waals surface area contributed by atoms with Crippen molar-refractivity contribution in [3.05, 3.63) is 63.3 Å². The minimum absolute atomic E-state index is 0.126. The molecular weight excluding hydrogens is 430 g/mol. The lowest BCUT2D eigenvalue weighted by atomic mass is 9.74. The van der Waals surface area contributed by atoms with Gasteiger partial charge in [0, 0.05) is 52.4 Å². The van der Waals surface area contributed by atoms with Crippen molar-refractivity contribution in [3.8, 4) is 0 Å². The quantitative estimate of drug-likeness (QED) is 0.619. The Balaban J connectivity index is 1.60. The van der Waals surface area contributed by atoms with Gasteiger partial charge in [0.25, 0.3) is 5.91 Å². The number of carbonyl (C=O) groups is 1. The van der Waals surface area contributed by atoms with E-state index in [0.717, 1.165) is 33.3 Å². The molecule has 0 atom stereocenters. The molecule has 7 heteroatoms. The molecule has 0 bridgehead atoms. The molecule has 0 unspecified atom stereocenters. The fourth-order valence-electron chi connectivity index (χ4n) is 3.71. The van der Waals surface area contributed by atoms with Crippen LogP contribution >= 0.6 is 27.5 Å². The lowest BCUT2D eigenvalue weighted by molar-refractivity contribution is 0.0487. The molecule has 2 N–H and O–H groups in total. The van der Waals surface area contributed by atoms with Crippen LogP contribution in [-0.2, 0) is 10.2 Å². The SMILES string of the molecule is O=C(NCC1(c2ccccc2Cl)CCOCC1)c1c[nH]c2ncc(Br)cc12. The molecule has 0 radical (unpaired) electrons. The number of rotatable bonds is 4. The number of halogens is 2. The largest absolute Gasteiger partial charge is 0.381 e. The van der Waals surface area contributed by atoms with E-state index in [0.29, 0.717) is 31.0 Å². The summed E-state index contributed by atoms with van der Waals surface area (Å²) in [5.41, 5.74) is 2.12. The number of fused-ring (bicyclic) bond motifs is 1. The van der Waals surface area contributed by atoms with Crippen molar-refractivity contribution in [2.45, 2.75) is 18.3 Å². The molecule has 0 aliphatic carbocycles. The highest BCUT2D eigenvalue weighted by Crippen LogP contribution is 2.38. The number of carbonyl (C=O) groups excluding carboxylic acids is 1. The number of pyridine rings is 1. The van der Waals surface area contributed by atoms with E-state index in [1.54, 1.807) is 12.4 Å². The normalized spacial score (nSPS) is 16.4. The number of amides is 1. The second-order valence-corrected chi connectivity index (χ2v) is 8.13. The maximum absolute atomic E-state index is 12.9. The first-order chi connectivity index (χ1) is 13.1. The number of aromatic amines is 1. The first kappa shape index (κ1) is 18.5. The topological polar surface area (TPSA) is 67.0 Å². The standard InChI is InChI=1S/C20H19BrClN3O2/c21-13-9-14-15(11-24-18(14)23-10-13)19(26)25-12-20(5-7-27-8-6-20)16-3-1-2-4-17(16)22/h1-4,9-11H,5-8,12H2,(H,23,24)(H,25,26). The molecule has 0 saturated carbocycles. The van der Waals surface area contributed by atoms with E-state index in [-0.39, 0.29) is 11.3 Å². The van der Waals surface area contributed by atoms with Crippen molar-refractivity contribution < 1.29 is 9.53 Å². The Labute approximate surface area is 170 Å². The molecule has 1 amide bonds. The fourth-order valence-corrected chi connectivity index (χ4v) is 4.37. The molecule has 27 heavy (non-hydrogen) atoms. The van der Waals surface area contributed by atoms with E-state index >= 15 is 0 Å². The predicted molar refractivity (Wildman–Crippen MR) is 109 cm³/mol. The molecule has 3 heterocycles. The summed E-state index contributed by atoms with van der Waals surface area (Å²) < 4.78 is 6.40. The predicted octanol–water partition coefficient (Wildman–Crippen LogP) is 4.46. The molecular formula is C20H19BrClN3O2. The highest BCUT2D eigenvalue weighted by Gasteiger charge is 2.36.